The molecule has 0 radical (unpaired) electrons. The smallest absolute Gasteiger partial charge is 0.131 e. The molecule has 3 N–H and O–H groups in total. The number of nitrogens with zero attached hydrogens (tertiary/aromatic N) is 3. The van der Waals surface area contributed by atoms with E-state index in [1.54, 1.807) is 11.3 Å². The van der Waals surface area contributed by atoms with E-state index in [-0.39, 0.29) is 6.04 Å². The minimum atomic E-state index is -0.143. The van der Waals surface area contributed by atoms with Gasteiger partial charge in [-0.2, -0.15) is 0 Å². The summed E-state index contributed by atoms with van der Waals surface area (Å²) in [6, 6.07) is 4.00. The van der Waals surface area contributed by atoms with E-state index in [4.69, 9.17) is 5.84 Å². The topological polar surface area (TPSA) is 68.8 Å². The van der Waals surface area contributed by atoms with Crippen molar-refractivity contribution in [2.45, 2.75) is 25.9 Å². The third-order valence-corrected chi connectivity index (χ3v) is 4.15. The first kappa shape index (κ1) is 13.2. The SMILES string of the molecule is CCCn1ccnc1C(NN)c1cnc2ccsc2c1. The number of nitrogens with one attached hydrogen (secondary N) is 1. The van der Waals surface area contributed by atoms with Crippen LogP contribution in [0.5, 0.6) is 0 Å². The summed E-state index contributed by atoms with van der Waals surface area (Å²) in [6.07, 6.45) is 6.72. The van der Waals surface area contributed by atoms with Gasteiger partial charge in [-0.25, -0.2) is 10.4 Å². The lowest BCUT2D eigenvalue weighted by Crippen LogP contribution is -2.31. The van der Waals surface area contributed by atoms with Gasteiger partial charge >= 0.3 is 0 Å². The van der Waals surface area contributed by atoms with Crippen LogP contribution in [0.3, 0.4) is 0 Å². The molecule has 3 aromatic rings. The number of hydrogen-bond donors (Lipinski definition) is 2. The highest BCUT2D eigenvalue weighted by molar-refractivity contribution is 7.17. The Kier molecular flexibility index (Phi) is 3.77. The van der Waals surface area contributed by atoms with E-state index in [1.807, 2.05) is 30.0 Å². The van der Waals surface area contributed by atoms with E-state index in [2.05, 4.69) is 33.0 Å². The molecule has 0 fully saturated rings. The Bertz CT molecular complexity index is 702. The molecule has 0 saturated carbocycles. The summed E-state index contributed by atoms with van der Waals surface area (Å²) in [4.78, 5) is 8.92. The van der Waals surface area contributed by atoms with Crippen molar-refractivity contribution >= 4 is 21.6 Å². The maximum atomic E-state index is 5.75. The molecule has 6 heteroatoms. The molecule has 0 aromatic carbocycles. The summed E-state index contributed by atoms with van der Waals surface area (Å²) in [5, 5.41) is 2.05. The molecule has 3 rings (SSSR count). The standard InChI is InChI=1S/C14H17N5S/c1-2-5-19-6-4-16-14(19)13(18-15)10-8-12-11(17-9-10)3-7-20-12/h3-4,6-9,13,18H,2,5,15H2,1H3. The largest absolute Gasteiger partial charge is 0.333 e. The van der Waals surface area contributed by atoms with Gasteiger partial charge in [-0.05, 0) is 29.5 Å². The molecule has 104 valence electrons. The number of hydrazine groups is 1. The van der Waals surface area contributed by atoms with Crippen molar-refractivity contribution in [2.24, 2.45) is 5.84 Å². The van der Waals surface area contributed by atoms with Crippen LogP contribution in [0, 0.1) is 0 Å². The van der Waals surface area contributed by atoms with E-state index in [1.165, 1.54) is 0 Å². The zero-order valence-electron chi connectivity index (χ0n) is 11.3. The lowest BCUT2D eigenvalue weighted by atomic mass is 10.1. The van der Waals surface area contributed by atoms with E-state index in [0.717, 1.165) is 34.6 Å². The van der Waals surface area contributed by atoms with Crippen LogP contribution in [-0.2, 0) is 6.54 Å². The van der Waals surface area contributed by atoms with E-state index in [9.17, 15) is 0 Å². The van der Waals surface area contributed by atoms with Crippen LogP contribution in [-0.4, -0.2) is 14.5 Å². The lowest BCUT2D eigenvalue weighted by Gasteiger charge is -2.17. The third kappa shape index (κ3) is 2.33. The fourth-order valence-electron chi connectivity index (χ4n) is 2.35. The van der Waals surface area contributed by atoms with E-state index >= 15 is 0 Å². The summed E-state index contributed by atoms with van der Waals surface area (Å²) in [5.74, 6) is 6.68. The molecule has 20 heavy (non-hydrogen) atoms. The molecule has 0 aliphatic heterocycles. The van der Waals surface area contributed by atoms with Crippen molar-refractivity contribution in [3.63, 3.8) is 0 Å². The number of fused-ring (bicyclic) bond motifs is 1. The molecule has 0 saturated heterocycles. The molecule has 0 aliphatic rings. The van der Waals surface area contributed by atoms with Crippen molar-refractivity contribution < 1.29 is 0 Å². The van der Waals surface area contributed by atoms with Crippen LogP contribution >= 0.6 is 11.3 Å². The molecule has 3 aromatic heterocycles. The van der Waals surface area contributed by atoms with Gasteiger partial charge in [0.1, 0.15) is 11.9 Å². The Labute approximate surface area is 121 Å². The number of thiophene rings is 1. The Morgan fingerprint density at radius 1 is 1.45 bits per heavy atom. The maximum Gasteiger partial charge on any atom is 0.131 e. The van der Waals surface area contributed by atoms with Gasteiger partial charge in [0.2, 0.25) is 0 Å². The Hall–Kier alpha value is -1.76. The van der Waals surface area contributed by atoms with Gasteiger partial charge in [0.05, 0.1) is 10.2 Å². The van der Waals surface area contributed by atoms with Crippen molar-refractivity contribution in [2.75, 3.05) is 0 Å². The van der Waals surface area contributed by atoms with Crippen molar-refractivity contribution in [3.8, 4) is 0 Å². The zero-order valence-corrected chi connectivity index (χ0v) is 12.1. The second-order valence-corrected chi connectivity index (χ2v) is 5.60. The highest BCUT2D eigenvalue weighted by atomic mass is 32.1. The fourth-order valence-corrected chi connectivity index (χ4v) is 3.14. The molecular weight excluding hydrogens is 270 g/mol. The zero-order chi connectivity index (χ0) is 13.9. The van der Waals surface area contributed by atoms with Crippen molar-refractivity contribution in [3.05, 3.63) is 47.5 Å². The van der Waals surface area contributed by atoms with Crippen LogP contribution < -0.4 is 11.3 Å². The normalized spacial score (nSPS) is 12.9. The first-order valence-electron chi connectivity index (χ1n) is 6.63. The highest BCUT2D eigenvalue weighted by Crippen LogP contribution is 2.25. The first-order chi connectivity index (χ1) is 9.83. The molecule has 0 aliphatic carbocycles. The molecular formula is C14H17N5S. The minimum absolute atomic E-state index is 0.143. The van der Waals surface area contributed by atoms with Gasteiger partial charge in [-0.3, -0.25) is 10.8 Å². The number of aryl methyl sites for hydroxylation is 1. The number of aromatic nitrogens is 3. The molecule has 1 unspecified atom stereocenters. The van der Waals surface area contributed by atoms with Crippen LogP contribution in [0.25, 0.3) is 10.2 Å². The first-order valence-corrected chi connectivity index (χ1v) is 7.51. The quantitative estimate of drug-likeness (QED) is 0.558. The Balaban J connectivity index is 2.01. The predicted octanol–water partition coefficient (Wildman–Crippen LogP) is 2.46. The number of imidazole rings is 1. The van der Waals surface area contributed by atoms with Gasteiger partial charge in [0, 0.05) is 25.1 Å². The van der Waals surface area contributed by atoms with Crippen molar-refractivity contribution in [1.29, 1.82) is 0 Å². The average molecular weight is 287 g/mol. The Morgan fingerprint density at radius 3 is 3.15 bits per heavy atom. The van der Waals surface area contributed by atoms with Crippen molar-refractivity contribution in [1.82, 2.24) is 20.0 Å². The van der Waals surface area contributed by atoms with Crippen LogP contribution in [0.15, 0.2) is 36.1 Å². The molecule has 5 nitrogen and oxygen atoms in total. The number of hydrogen-bond acceptors (Lipinski definition) is 5. The Morgan fingerprint density at radius 2 is 2.35 bits per heavy atom. The summed E-state index contributed by atoms with van der Waals surface area (Å²) in [7, 11) is 0. The molecule has 1 atom stereocenters. The lowest BCUT2D eigenvalue weighted by molar-refractivity contribution is 0.545. The monoisotopic (exact) mass is 287 g/mol. The highest BCUT2D eigenvalue weighted by Gasteiger charge is 2.18. The van der Waals surface area contributed by atoms with Crippen LogP contribution in [0.4, 0.5) is 0 Å². The van der Waals surface area contributed by atoms with Gasteiger partial charge in [-0.15, -0.1) is 11.3 Å². The molecule has 0 bridgehead atoms. The van der Waals surface area contributed by atoms with Gasteiger partial charge in [0.15, 0.2) is 0 Å². The number of rotatable bonds is 5. The molecule has 0 amide bonds. The molecule has 0 spiro atoms. The van der Waals surface area contributed by atoms with Gasteiger partial charge < -0.3 is 4.57 Å². The minimum Gasteiger partial charge on any atom is -0.333 e. The maximum absolute atomic E-state index is 5.75. The summed E-state index contributed by atoms with van der Waals surface area (Å²) >= 11 is 1.68. The van der Waals surface area contributed by atoms with Gasteiger partial charge in [-0.1, -0.05) is 6.92 Å². The number of nitrogens with two attached hydrogens (primary N) is 1. The predicted molar refractivity (Wildman–Crippen MR) is 81.3 cm³/mol. The van der Waals surface area contributed by atoms with Crippen LogP contribution in [0.2, 0.25) is 0 Å². The molecule has 3 heterocycles. The summed E-state index contributed by atoms with van der Waals surface area (Å²) in [5.41, 5.74) is 4.91. The van der Waals surface area contributed by atoms with E-state index < -0.39 is 0 Å². The van der Waals surface area contributed by atoms with Gasteiger partial charge in [0.25, 0.3) is 0 Å². The summed E-state index contributed by atoms with van der Waals surface area (Å²) in [6.45, 7) is 3.08. The van der Waals surface area contributed by atoms with Crippen LogP contribution in [0.1, 0.15) is 30.8 Å². The second kappa shape index (κ2) is 5.70. The number of pyridine rings is 1. The van der Waals surface area contributed by atoms with E-state index in [0.29, 0.717) is 0 Å². The fraction of sp³-hybridized carbons (Fsp3) is 0.286. The second-order valence-electron chi connectivity index (χ2n) is 4.65. The third-order valence-electron chi connectivity index (χ3n) is 3.29. The average Bonchev–Trinajstić information content (AvgIpc) is 3.09. The summed E-state index contributed by atoms with van der Waals surface area (Å²) < 4.78 is 3.29.